The second-order valence-corrected chi connectivity index (χ2v) is 9.12. The number of amides is 1. The number of carbonyl (C=O) groups is 1. The lowest BCUT2D eigenvalue weighted by molar-refractivity contribution is -0.128. The Morgan fingerprint density at radius 2 is 1.86 bits per heavy atom. The van der Waals surface area contributed by atoms with Crippen LogP contribution in [0.3, 0.4) is 0 Å². The van der Waals surface area contributed by atoms with E-state index in [9.17, 15) is 13.2 Å². The van der Waals surface area contributed by atoms with Crippen LogP contribution >= 0.6 is 0 Å². The fraction of sp³-hybridized carbons (Fsp3) is 0.381. The first-order valence-corrected chi connectivity index (χ1v) is 11.3. The van der Waals surface area contributed by atoms with E-state index in [1.54, 1.807) is 48.5 Å². The van der Waals surface area contributed by atoms with Crippen LogP contribution in [0, 0.1) is 0 Å². The van der Waals surface area contributed by atoms with Crippen LogP contribution in [-0.2, 0) is 25.3 Å². The van der Waals surface area contributed by atoms with E-state index < -0.39 is 16.1 Å². The zero-order valence-corrected chi connectivity index (χ0v) is 16.8. The zero-order valence-electron chi connectivity index (χ0n) is 16.0. The fourth-order valence-electron chi connectivity index (χ4n) is 3.60. The van der Waals surface area contributed by atoms with Crippen molar-refractivity contribution in [2.45, 2.75) is 30.8 Å². The van der Waals surface area contributed by atoms with Gasteiger partial charge >= 0.3 is 0 Å². The maximum absolute atomic E-state index is 13.2. The van der Waals surface area contributed by atoms with Crippen molar-refractivity contribution >= 4 is 21.6 Å². The smallest absolute Gasteiger partial charge is 0.263 e. The first kappa shape index (κ1) is 19.7. The summed E-state index contributed by atoms with van der Waals surface area (Å²) >= 11 is 0. The van der Waals surface area contributed by atoms with Gasteiger partial charge < -0.3 is 14.8 Å². The van der Waals surface area contributed by atoms with Gasteiger partial charge in [0.15, 0.2) is 6.10 Å². The summed E-state index contributed by atoms with van der Waals surface area (Å²) in [7, 11) is -3.70. The molecule has 8 heteroatoms. The second-order valence-electron chi connectivity index (χ2n) is 7.23. The average Bonchev–Trinajstić information content (AvgIpc) is 3.25. The highest BCUT2D eigenvalue weighted by molar-refractivity contribution is 7.92. The summed E-state index contributed by atoms with van der Waals surface area (Å²) in [4.78, 5) is 12.7. The van der Waals surface area contributed by atoms with Gasteiger partial charge in [0.05, 0.1) is 24.1 Å². The Bertz CT molecular complexity index is 958. The number of rotatable bonds is 6. The molecule has 0 radical (unpaired) electrons. The standard InChI is InChI=1S/C21H24N2O5S/c24-21(22-13-17-9-6-12-27-17)20-14-23(18-10-4-5-11-19(18)28-20)29(25,26)15-16-7-2-1-3-8-16/h1-5,7-8,10-11,17,20H,6,9,12-15H2,(H,22,24)/t17-,20-/m1/s1. The highest BCUT2D eigenvalue weighted by Gasteiger charge is 2.36. The minimum absolute atomic E-state index is 0.00717. The molecule has 0 aromatic heterocycles. The number of para-hydroxylation sites is 2. The van der Waals surface area contributed by atoms with Crippen LogP contribution in [-0.4, -0.2) is 46.2 Å². The third-order valence-corrected chi connectivity index (χ3v) is 6.80. The quantitative estimate of drug-likeness (QED) is 0.779. The van der Waals surface area contributed by atoms with Gasteiger partial charge in [-0.3, -0.25) is 9.10 Å². The van der Waals surface area contributed by atoms with Gasteiger partial charge in [0.25, 0.3) is 5.91 Å². The summed E-state index contributed by atoms with van der Waals surface area (Å²) in [6.45, 7) is 1.04. The Hall–Kier alpha value is -2.58. The molecular formula is C21H24N2O5S. The number of anilines is 1. The average molecular weight is 416 g/mol. The van der Waals surface area contributed by atoms with E-state index in [1.165, 1.54) is 4.31 Å². The molecule has 154 valence electrons. The number of nitrogens with one attached hydrogen (secondary N) is 1. The third-order valence-electron chi connectivity index (χ3n) is 5.08. The Morgan fingerprint density at radius 3 is 2.62 bits per heavy atom. The zero-order chi connectivity index (χ0) is 20.3. The lowest BCUT2D eigenvalue weighted by Gasteiger charge is -2.34. The normalized spacial score (nSPS) is 21.3. The molecule has 1 saturated heterocycles. The van der Waals surface area contributed by atoms with Gasteiger partial charge in [-0.2, -0.15) is 0 Å². The monoisotopic (exact) mass is 416 g/mol. The Kier molecular flexibility index (Phi) is 5.73. The Balaban J connectivity index is 1.53. The highest BCUT2D eigenvalue weighted by Crippen LogP contribution is 2.35. The van der Waals surface area contributed by atoms with Gasteiger partial charge in [0.2, 0.25) is 10.0 Å². The highest BCUT2D eigenvalue weighted by atomic mass is 32.2. The minimum atomic E-state index is -3.70. The molecule has 7 nitrogen and oxygen atoms in total. The van der Waals surface area contributed by atoms with Gasteiger partial charge in [-0.1, -0.05) is 42.5 Å². The van der Waals surface area contributed by atoms with Crippen molar-refractivity contribution in [3.63, 3.8) is 0 Å². The molecule has 1 N–H and O–H groups in total. The van der Waals surface area contributed by atoms with Gasteiger partial charge in [-0.15, -0.1) is 0 Å². The second kappa shape index (κ2) is 8.42. The summed E-state index contributed by atoms with van der Waals surface area (Å²) in [6.07, 6.45) is 0.982. The SMILES string of the molecule is O=C(NC[C@H]1CCCO1)[C@H]1CN(S(=O)(=O)Cc2ccccc2)c2ccccc2O1. The van der Waals surface area contributed by atoms with Crippen molar-refractivity contribution < 1.29 is 22.7 Å². The fourth-order valence-corrected chi connectivity index (χ4v) is 5.18. The largest absolute Gasteiger partial charge is 0.476 e. The van der Waals surface area contributed by atoms with E-state index in [-0.39, 0.29) is 24.3 Å². The summed E-state index contributed by atoms with van der Waals surface area (Å²) in [5.41, 5.74) is 1.14. The molecule has 2 aromatic carbocycles. The minimum Gasteiger partial charge on any atom is -0.476 e. The van der Waals surface area contributed by atoms with Crippen molar-refractivity contribution in [1.29, 1.82) is 0 Å². The predicted molar refractivity (Wildman–Crippen MR) is 109 cm³/mol. The molecule has 2 atom stereocenters. The number of hydrogen-bond acceptors (Lipinski definition) is 5. The predicted octanol–water partition coefficient (Wildman–Crippen LogP) is 2.08. The van der Waals surface area contributed by atoms with Crippen molar-refractivity contribution in [3.8, 4) is 5.75 Å². The maximum Gasteiger partial charge on any atom is 0.263 e. The molecule has 29 heavy (non-hydrogen) atoms. The molecule has 2 aromatic rings. The van der Waals surface area contributed by atoms with Crippen LogP contribution in [0.1, 0.15) is 18.4 Å². The third kappa shape index (κ3) is 4.54. The van der Waals surface area contributed by atoms with E-state index in [2.05, 4.69) is 5.32 Å². The van der Waals surface area contributed by atoms with E-state index in [4.69, 9.17) is 9.47 Å². The summed E-state index contributed by atoms with van der Waals surface area (Å²) in [6, 6.07) is 15.9. The van der Waals surface area contributed by atoms with Crippen LogP contribution in [0.25, 0.3) is 0 Å². The van der Waals surface area contributed by atoms with Crippen LogP contribution in [0.2, 0.25) is 0 Å². The number of fused-ring (bicyclic) bond motifs is 1. The van der Waals surface area contributed by atoms with Crippen LogP contribution in [0.15, 0.2) is 54.6 Å². The van der Waals surface area contributed by atoms with E-state index in [0.717, 1.165) is 12.8 Å². The number of carbonyl (C=O) groups excluding carboxylic acids is 1. The molecular weight excluding hydrogens is 392 g/mol. The van der Waals surface area contributed by atoms with Crippen LogP contribution in [0.5, 0.6) is 5.75 Å². The number of sulfonamides is 1. The molecule has 2 aliphatic rings. The van der Waals surface area contributed by atoms with Crippen molar-refractivity contribution in [1.82, 2.24) is 5.32 Å². The number of ether oxygens (including phenoxy) is 2. The molecule has 0 bridgehead atoms. The van der Waals surface area contributed by atoms with E-state index in [1.807, 2.05) is 6.07 Å². The Labute approximate surface area is 170 Å². The topological polar surface area (TPSA) is 84.9 Å². The Morgan fingerprint density at radius 1 is 1.10 bits per heavy atom. The van der Waals surface area contributed by atoms with E-state index >= 15 is 0 Å². The maximum atomic E-state index is 13.2. The molecule has 0 aliphatic carbocycles. The molecule has 0 saturated carbocycles. The molecule has 2 heterocycles. The molecule has 2 aliphatic heterocycles. The number of nitrogens with zero attached hydrogens (tertiary/aromatic N) is 1. The summed E-state index contributed by atoms with van der Waals surface area (Å²) < 4.78 is 39.0. The van der Waals surface area contributed by atoms with Gasteiger partial charge in [0.1, 0.15) is 5.75 Å². The first-order chi connectivity index (χ1) is 14.0. The molecule has 1 fully saturated rings. The van der Waals surface area contributed by atoms with E-state index in [0.29, 0.717) is 30.2 Å². The summed E-state index contributed by atoms with van der Waals surface area (Å²) in [5, 5.41) is 2.84. The summed E-state index contributed by atoms with van der Waals surface area (Å²) in [5.74, 6) is -0.102. The van der Waals surface area contributed by atoms with Crippen LogP contribution < -0.4 is 14.4 Å². The lowest BCUT2D eigenvalue weighted by Crippen LogP contribution is -2.51. The number of benzene rings is 2. The first-order valence-electron chi connectivity index (χ1n) is 9.72. The molecule has 0 unspecified atom stereocenters. The molecule has 0 spiro atoms. The molecule has 4 rings (SSSR count). The van der Waals surface area contributed by atoms with Gasteiger partial charge in [0, 0.05) is 13.2 Å². The molecule has 1 amide bonds. The van der Waals surface area contributed by atoms with Crippen molar-refractivity contribution in [3.05, 3.63) is 60.2 Å². The lowest BCUT2D eigenvalue weighted by atomic mass is 10.2. The van der Waals surface area contributed by atoms with Gasteiger partial charge in [-0.05, 0) is 30.5 Å². The van der Waals surface area contributed by atoms with Crippen LogP contribution in [0.4, 0.5) is 5.69 Å². The number of hydrogen-bond donors (Lipinski definition) is 1. The van der Waals surface area contributed by atoms with Crippen molar-refractivity contribution in [2.24, 2.45) is 0 Å². The van der Waals surface area contributed by atoms with Crippen molar-refractivity contribution in [2.75, 3.05) is 24.0 Å². The van der Waals surface area contributed by atoms with Gasteiger partial charge in [-0.25, -0.2) is 8.42 Å².